The zero-order valence-electron chi connectivity index (χ0n) is 21.7. The van der Waals surface area contributed by atoms with Crippen molar-refractivity contribution in [3.63, 3.8) is 0 Å². The first-order chi connectivity index (χ1) is 16.2. The number of likely N-dealkylation sites (tertiary alicyclic amines) is 1. The molecule has 1 fully saturated rings. The summed E-state index contributed by atoms with van der Waals surface area (Å²) in [6.45, 7) is 13.3. The van der Waals surface area contributed by atoms with Gasteiger partial charge in [-0.25, -0.2) is 14.2 Å². The minimum Gasteiger partial charge on any atom is -0.480 e. The van der Waals surface area contributed by atoms with Crippen LogP contribution >= 0.6 is 0 Å². The fourth-order valence-corrected chi connectivity index (χ4v) is 5.02. The third-order valence-electron chi connectivity index (χ3n) is 6.67. The van der Waals surface area contributed by atoms with Crippen molar-refractivity contribution in [2.75, 3.05) is 13.1 Å². The van der Waals surface area contributed by atoms with Gasteiger partial charge in [-0.1, -0.05) is 44.6 Å². The fraction of sp³-hybridized carbons (Fsp3) is 0.640. The van der Waals surface area contributed by atoms with Gasteiger partial charge in [0.2, 0.25) is 0 Å². The molecule has 0 aliphatic carbocycles. The molecule has 0 radical (unpaired) electrons. The second-order valence-electron chi connectivity index (χ2n) is 10.6. The van der Waals surface area contributed by atoms with Crippen molar-refractivity contribution in [1.82, 2.24) is 9.88 Å². The zero-order valence-corrected chi connectivity index (χ0v) is 22.7. The highest BCUT2D eigenvalue weighted by Crippen LogP contribution is 2.38. The van der Waals surface area contributed by atoms with Crippen LogP contribution in [0.25, 0.3) is 0 Å². The third-order valence-corrected chi connectivity index (χ3v) is 11.2. The zero-order chi connectivity index (χ0) is 26.4. The Balaban J connectivity index is 2.11. The average Bonchev–Trinajstić information content (AvgIpc) is 3.40. The van der Waals surface area contributed by atoms with E-state index in [0.717, 1.165) is 5.57 Å². The minimum atomic E-state index is -2.16. The number of amides is 1. The number of carbonyl (C=O) groups is 2. The Bertz CT molecular complexity index is 938. The standard InChI is InChI=1S/C25H40FN3O5Si/c1-17(9-7-11-27)13-19(34-35(5,6)25(2,3)4)14-18(26)15-22-28-20(16-33-22)23(30)29-12-8-10-21(29)24(31)32/h7,9,13,16,18-19,21H,8,10-12,14-15,27H2,1-6H3,(H,31,32)/b9-7+,17-13+/t18-,19-,21-/m1/s1. The largest absolute Gasteiger partial charge is 0.480 e. The molecule has 0 unspecified atom stereocenters. The lowest BCUT2D eigenvalue weighted by Gasteiger charge is -2.39. The molecule has 0 saturated carbocycles. The Morgan fingerprint density at radius 1 is 1.43 bits per heavy atom. The maximum Gasteiger partial charge on any atom is 0.326 e. The summed E-state index contributed by atoms with van der Waals surface area (Å²) in [5, 5.41) is 9.28. The van der Waals surface area contributed by atoms with Crippen LogP contribution in [0.15, 0.2) is 34.5 Å². The molecule has 2 rings (SSSR count). The van der Waals surface area contributed by atoms with Crippen LogP contribution in [-0.4, -0.2) is 66.6 Å². The van der Waals surface area contributed by atoms with Crippen LogP contribution in [0.5, 0.6) is 0 Å². The molecule has 2 heterocycles. The number of halogens is 1. The molecule has 35 heavy (non-hydrogen) atoms. The van der Waals surface area contributed by atoms with Crippen molar-refractivity contribution >= 4 is 20.2 Å². The first-order valence-corrected chi connectivity index (χ1v) is 15.0. The number of carbonyl (C=O) groups excluding carboxylic acids is 1. The predicted octanol–water partition coefficient (Wildman–Crippen LogP) is 4.49. The molecule has 196 valence electrons. The Morgan fingerprint density at radius 2 is 2.11 bits per heavy atom. The molecule has 1 amide bonds. The molecule has 1 aliphatic rings. The lowest BCUT2D eigenvalue weighted by atomic mass is 10.1. The molecule has 8 nitrogen and oxygen atoms in total. The Hall–Kier alpha value is -2.30. The molecule has 3 atom stereocenters. The maximum absolute atomic E-state index is 15.2. The van der Waals surface area contributed by atoms with E-state index in [0.29, 0.717) is 25.9 Å². The monoisotopic (exact) mass is 509 g/mol. The summed E-state index contributed by atoms with van der Waals surface area (Å²) in [5.74, 6) is -1.45. The molecule has 1 aromatic heterocycles. The second-order valence-corrected chi connectivity index (χ2v) is 15.4. The lowest BCUT2D eigenvalue weighted by molar-refractivity contribution is -0.141. The van der Waals surface area contributed by atoms with Crippen molar-refractivity contribution < 1.29 is 27.9 Å². The summed E-state index contributed by atoms with van der Waals surface area (Å²) in [7, 11) is -2.16. The van der Waals surface area contributed by atoms with Gasteiger partial charge in [0.15, 0.2) is 19.9 Å². The number of aromatic nitrogens is 1. The number of oxazole rings is 1. The van der Waals surface area contributed by atoms with Gasteiger partial charge in [0, 0.05) is 19.5 Å². The van der Waals surface area contributed by atoms with E-state index < -0.39 is 38.5 Å². The van der Waals surface area contributed by atoms with E-state index in [-0.39, 0.29) is 29.5 Å². The lowest BCUT2D eigenvalue weighted by Crippen LogP contribution is -2.44. The average molecular weight is 510 g/mol. The van der Waals surface area contributed by atoms with E-state index in [1.165, 1.54) is 11.2 Å². The Morgan fingerprint density at radius 3 is 2.71 bits per heavy atom. The van der Waals surface area contributed by atoms with Gasteiger partial charge in [-0.15, -0.1) is 0 Å². The van der Waals surface area contributed by atoms with Crippen LogP contribution in [0.3, 0.4) is 0 Å². The number of allylic oxidation sites excluding steroid dienone is 2. The maximum atomic E-state index is 15.2. The van der Waals surface area contributed by atoms with Gasteiger partial charge in [0.1, 0.15) is 18.5 Å². The highest BCUT2D eigenvalue weighted by molar-refractivity contribution is 6.74. The number of aliphatic carboxylic acids is 1. The van der Waals surface area contributed by atoms with Gasteiger partial charge in [-0.3, -0.25) is 4.79 Å². The fourth-order valence-electron chi connectivity index (χ4n) is 3.75. The van der Waals surface area contributed by atoms with Crippen molar-refractivity contribution in [1.29, 1.82) is 0 Å². The smallest absolute Gasteiger partial charge is 0.326 e. The molecular weight excluding hydrogens is 469 g/mol. The minimum absolute atomic E-state index is 0.00270. The first-order valence-electron chi connectivity index (χ1n) is 12.1. The number of carboxylic acids is 1. The van der Waals surface area contributed by atoms with Crippen LogP contribution in [0.2, 0.25) is 18.1 Å². The normalized spacial score (nSPS) is 19.4. The van der Waals surface area contributed by atoms with E-state index in [2.05, 4.69) is 38.8 Å². The summed E-state index contributed by atoms with van der Waals surface area (Å²) in [4.78, 5) is 29.5. The van der Waals surface area contributed by atoms with E-state index in [1.54, 1.807) is 0 Å². The van der Waals surface area contributed by atoms with Crippen LogP contribution in [0, 0.1) is 0 Å². The van der Waals surface area contributed by atoms with E-state index in [9.17, 15) is 14.7 Å². The van der Waals surface area contributed by atoms with E-state index in [4.69, 9.17) is 14.6 Å². The number of nitrogens with two attached hydrogens (primary N) is 1. The molecular formula is C25H40FN3O5Si. The number of rotatable bonds is 11. The summed E-state index contributed by atoms with van der Waals surface area (Å²) in [6, 6.07) is -0.867. The number of nitrogens with zero attached hydrogens (tertiary/aromatic N) is 2. The molecule has 1 aliphatic heterocycles. The highest BCUT2D eigenvalue weighted by Gasteiger charge is 2.39. The molecule has 0 aromatic carbocycles. The predicted molar refractivity (Wildman–Crippen MR) is 135 cm³/mol. The molecule has 1 aromatic rings. The molecule has 3 N–H and O–H groups in total. The molecule has 10 heteroatoms. The molecule has 1 saturated heterocycles. The number of carboxylic acid groups (broad SMARTS) is 1. The summed E-state index contributed by atoms with van der Waals surface area (Å²) in [6.07, 6.45) is 6.09. The van der Waals surface area contributed by atoms with Gasteiger partial charge in [-0.2, -0.15) is 0 Å². The van der Waals surface area contributed by atoms with Crippen molar-refractivity contribution in [3.05, 3.63) is 41.6 Å². The highest BCUT2D eigenvalue weighted by atomic mass is 28.4. The van der Waals surface area contributed by atoms with Crippen LogP contribution in [-0.2, 0) is 15.6 Å². The van der Waals surface area contributed by atoms with Gasteiger partial charge in [0.05, 0.1) is 12.5 Å². The number of alkyl halides is 1. The van der Waals surface area contributed by atoms with Crippen molar-refractivity contribution in [2.45, 2.75) is 89.8 Å². The molecule has 0 bridgehead atoms. The van der Waals surface area contributed by atoms with E-state index >= 15 is 4.39 Å². The third kappa shape index (κ3) is 8.11. The van der Waals surface area contributed by atoms with Gasteiger partial charge in [0.25, 0.3) is 5.91 Å². The quantitative estimate of drug-likeness (QED) is 0.333. The van der Waals surface area contributed by atoms with Crippen molar-refractivity contribution in [2.24, 2.45) is 5.73 Å². The molecule has 0 spiro atoms. The van der Waals surface area contributed by atoms with Crippen LogP contribution < -0.4 is 5.73 Å². The first kappa shape index (κ1) is 28.9. The topological polar surface area (TPSA) is 119 Å². The summed E-state index contributed by atoms with van der Waals surface area (Å²) in [5.41, 5.74) is 6.48. The second kappa shape index (κ2) is 12.1. The van der Waals surface area contributed by atoms with Gasteiger partial charge < -0.3 is 24.6 Å². The summed E-state index contributed by atoms with van der Waals surface area (Å²) < 4.78 is 27.0. The van der Waals surface area contributed by atoms with Crippen LogP contribution in [0.1, 0.15) is 63.3 Å². The van der Waals surface area contributed by atoms with Crippen LogP contribution in [0.4, 0.5) is 4.39 Å². The summed E-state index contributed by atoms with van der Waals surface area (Å²) >= 11 is 0. The Labute approximate surface area is 208 Å². The van der Waals surface area contributed by atoms with E-state index in [1.807, 2.05) is 25.2 Å². The van der Waals surface area contributed by atoms with Crippen molar-refractivity contribution in [3.8, 4) is 0 Å². The number of hydrogen-bond donors (Lipinski definition) is 2. The number of hydrogen-bond acceptors (Lipinski definition) is 6. The van der Waals surface area contributed by atoms with Gasteiger partial charge >= 0.3 is 5.97 Å². The SMILES string of the molecule is CC(/C=C/CN)=C\[C@H](C[C@@H](F)Cc1nc(C(=O)N2CCC[C@@H]2C(=O)O)co1)O[Si](C)(C)C(C)(C)C. The van der Waals surface area contributed by atoms with Gasteiger partial charge in [-0.05, 0) is 37.9 Å². The Kier molecular flexibility index (Phi) is 10.00.